The SMILES string of the molecule is CC(Nc1nccc(-c2ccccc2)n1)c1cc2cc(Cl)ccc2[nH]c1=O. The number of halogens is 1. The van der Waals surface area contributed by atoms with Crippen molar-refractivity contribution in [2.75, 3.05) is 5.32 Å². The molecule has 0 spiro atoms. The number of nitrogens with one attached hydrogen (secondary N) is 2. The summed E-state index contributed by atoms with van der Waals surface area (Å²) in [5, 5.41) is 4.72. The van der Waals surface area contributed by atoms with Crippen LogP contribution in [-0.4, -0.2) is 15.0 Å². The highest BCUT2D eigenvalue weighted by Gasteiger charge is 2.13. The van der Waals surface area contributed by atoms with E-state index < -0.39 is 0 Å². The van der Waals surface area contributed by atoms with Crippen molar-refractivity contribution in [1.29, 1.82) is 0 Å². The summed E-state index contributed by atoms with van der Waals surface area (Å²) in [6, 6.07) is 18.7. The van der Waals surface area contributed by atoms with Crippen molar-refractivity contribution in [3.05, 3.63) is 87.8 Å². The molecule has 0 fully saturated rings. The number of rotatable bonds is 4. The van der Waals surface area contributed by atoms with Crippen molar-refractivity contribution < 1.29 is 0 Å². The Balaban J connectivity index is 1.64. The van der Waals surface area contributed by atoms with Gasteiger partial charge < -0.3 is 10.3 Å². The Morgan fingerprint density at radius 2 is 1.89 bits per heavy atom. The molecule has 4 aromatic rings. The van der Waals surface area contributed by atoms with E-state index in [0.29, 0.717) is 16.5 Å². The fraction of sp³-hybridized carbons (Fsp3) is 0.0952. The highest BCUT2D eigenvalue weighted by atomic mass is 35.5. The zero-order valence-corrected chi connectivity index (χ0v) is 15.4. The zero-order chi connectivity index (χ0) is 18.8. The van der Waals surface area contributed by atoms with Gasteiger partial charge in [0.05, 0.1) is 11.7 Å². The molecule has 6 heteroatoms. The fourth-order valence-corrected chi connectivity index (χ4v) is 3.17. The number of pyridine rings is 1. The fourth-order valence-electron chi connectivity index (χ4n) is 2.99. The van der Waals surface area contributed by atoms with Crippen molar-refractivity contribution >= 4 is 28.5 Å². The van der Waals surface area contributed by atoms with Crippen molar-refractivity contribution in [2.24, 2.45) is 0 Å². The Morgan fingerprint density at radius 1 is 1.07 bits per heavy atom. The molecule has 2 N–H and O–H groups in total. The van der Waals surface area contributed by atoms with Crippen LogP contribution in [0, 0.1) is 0 Å². The number of hydrogen-bond donors (Lipinski definition) is 2. The number of benzene rings is 2. The third-order valence-corrected chi connectivity index (χ3v) is 4.61. The summed E-state index contributed by atoms with van der Waals surface area (Å²) in [4.78, 5) is 24.2. The minimum atomic E-state index is -0.275. The second-order valence-electron chi connectivity index (χ2n) is 6.28. The van der Waals surface area contributed by atoms with Crippen LogP contribution in [0.2, 0.25) is 5.02 Å². The number of anilines is 1. The van der Waals surface area contributed by atoms with Gasteiger partial charge in [-0.2, -0.15) is 0 Å². The van der Waals surface area contributed by atoms with E-state index in [9.17, 15) is 4.79 Å². The first-order chi connectivity index (χ1) is 13.1. The number of aromatic amines is 1. The van der Waals surface area contributed by atoms with E-state index in [1.54, 1.807) is 18.3 Å². The second kappa shape index (κ2) is 7.21. The molecule has 0 aliphatic heterocycles. The Kier molecular flexibility index (Phi) is 4.60. The lowest BCUT2D eigenvalue weighted by Gasteiger charge is -2.14. The van der Waals surface area contributed by atoms with Crippen LogP contribution in [0.5, 0.6) is 0 Å². The maximum atomic E-state index is 12.5. The van der Waals surface area contributed by atoms with Crippen molar-refractivity contribution in [3.63, 3.8) is 0 Å². The van der Waals surface area contributed by atoms with E-state index in [2.05, 4.69) is 20.3 Å². The summed E-state index contributed by atoms with van der Waals surface area (Å²) in [5.41, 5.74) is 3.03. The van der Waals surface area contributed by atoms with Crippen LogP contribution < -0.4 is 10.9 Å². The molecule has 0 saturated heterocycles. The van der Waals surface area contributed by atoms with E-state index in [1.807, 2.05) is 55.5 Å². The minimum Gasteiger partial charge on any atom is -0.347 e. The average molecular weight is 377 g/mol. The molecule has 2 heterocycles. The van der Waals surface area contributed by atoms with E-state index >= 15 is 0 Å². The third kappa shape index (κ3) is 3.68. The molecule has 27 heavy (non-hydrogen) atoms. The zero-order valence-electron chi connectivity index (χ0n) is 14.6. The van der Waals surface area contributed by atoms with Gasteiger partial charge in [0.1, 0.15) is 0 Å². The molecular weight excluding hydrogens is 360 g/mol. The molecule has 5 nitrogen and oxygen atoms in total. The quantitative estimate of drug-likeness (QED) is 0.536. The number of H-pyrrole nitrogens is 1. The van der Waals surface area contributed by atoms with Crippen LogP contribution in [0.3, 0.4) is 0 Å². The van der Waals surface area contributed by atoms with Gasteiger partial charge in [-0.1, -0.05) is 41.9 Å². The Labute approximate surface area is 161 Å². The molecule has 2 aromatic heterocycles. The van der Waals surface area contributed by atoms with Crippen LogP contribution >= 0.6 is 11.6 Å². The third-order valence-electron chi connectivity index (χ3n) is 4.37. The molecule has 1 unspecified atom stereocenters. The van der Waals surface area contributed by atoms with Crippen molar-refractivity contribution in [1.82, 2.24) is 15.0 Å². The average Bonchev–Trinajstić information content (AvgIpc) is 2.68. The maximum Gasteiger partial charge on any atom is 0.253 e. The van der Waals surface area contributed by atoms with Crippen LogP contribution in [-0.2, 0) is 0 Å². The van der Waals surface area contributed by atoms with Gasteiger partial charge in [-0.3, -0.25) is 4.79 Å². The van der Waals surface area contributed by atoms with Crippen LogP contribution in [0.25, 0.3) is 22.2 Å². The molecule has 0 aliphatic rings. The number of hydrogen-bond acceptors (Lipinski definition) is 4. The van der Waals surface area contributed by atoms with Gasteiger partial charge in [-0.15, -0.1) is 0 Å². The monoisotopic (exact) mass is 376 g/mol. The first-order valence-corrected chi connectivity index (χ1v) is 8.95. The minimum absolute atomic E-state index is 0.149. The number of aromatic nitrogens is 3. The lowest BCUT2D eigenvalue weighted by atomic mass is 10.1. The summed E-state index contributed by atoms with van der Waals surface area (Å²) in [7, 11) is 0. The highest BCUT2D eigenvalue weighted by Crippen LogP contribution is 2.22. The van der Waals surface area contributed by atoms with Gasteiger partial charge in [0.2, 0.25) is 5.95 Å². The molecule has 0 saturated carbocycles. The predicted molar refractivity (Wildman–Crippen MR) is 109 cm³/mol. The normalized spacial score (nSPS) is 12.1. The Hall–Kier alpha value is -3.18. The molecule has 0 aliphatic carbocycles. The maximum absolute atomic E-state index is 12.5. The van der Waals surface area contributed by atoms with E-state index in [-0.39, 0.29) is 11.6 Å². The van der Waals surface area contributed by atoms with Gasteiger partial charge in [-0.25, -0.2) is 9.97 Å². The molecule has 2 aromatic carbocycles. The van der Waals surface area contributed by atoms with Gasteiger partial charge in [-0.05, 0) is 37.3 Å². The number of fused-ring (bicyclic) bond motifs is 1. The van der Waals surface area contributed by atoms with Gasteiger partial charge in [0, 0.05) is 33.2 Å². The molecule has 134 valence electrons. The van der Waals surface area contributed by atoms with Gasteiger partial charge in [0.15, 0.2) is 0 Å². The summed E-state index contributed by atoms with van der Waals surface area (Å²) < 4.78 is 0. The summed E-state index contributed by atoms with van der Waals surface area (Å²) in [5.74, 6) is 0.467. The molecule has 4 rings (SSSR count). The van der Waals surface area contributed by atoms with E-state index in [1.165, 1.54) is 0 Å². The number of nitrogens with zero attached hydrogens (tertiary/aromatic N) is 2. The summed E-state index contributed by atoms with van der Waals surface area (Å²) in [6.07, 6.45) is 1.70. The Bertz CT molecular complexity index is 1160. The Morgan fingerprint density at radius 3 is 2.70 bits per heavy atom. The largest absolute Gasteiger partial charge is 0.347 e. The summed E-state index contributed by atoms with van der Waals surface area (Å²) >= 11 is 6.07. The molecule has 0 amide bonds. The van der Waals surface area contributed by atoms with Crippen molar-refractivity contribution in [3.8, 4) is 11.3 Å². The first kappa shape index (κ1) is 17.2. The van der Waals surface area contributed by atoms with Crippen LogP contribution in [0.1, 0.15) is 18.5 Å². The molecule has 0 radical (unpaired) electrons. The van der Waals surface area contributed by atoms with Gasteiger partial charge >= 0.3 is 0 Å². The van der Waals surface area contributed by atoms with E-state index in [4.69, 9.17) is 11.6 Å². The molecular formula is C21H17ClN4O. The predicted octanol–water partition coefficient (Wildman–Crippen LogP) is 4.81. The van der Waals surface area contributed by atoms with E-state index in [0.717, 1.165) is 22.2 Å². The van der Waals surface area contributed by atoms with Crippen LogP contribution in [0.4, 0.5) is 5.95 Å². The lowest BCUT2D eigenvalue weighted by Crippen LogP contribution is -2.20. The molecule has 0 bridgehead atoms. The standard InChI is InChI=1S/C21H17ClN4O/c1-13(17-12-15-11-16(22)7-8-18(15)25-20(17)27)24-21-23-10-9-19(26-21)14-5-3-2-4-6-14/h2-13H,1H3,(H,25,27)(H,23,24,26). The van der Waals surface area contributed by atoms with Gasteiger partial charge in [0.25, 0.3) is 5.56 Å². The highest BCUT2D eigenvalue weighted by molar-refractivity contribution is 6.31. The smallest absolute Gasteiger partial charge is 0.253 e. The first-order valence-electron chi connectivity index (χ1n) is 8.57. The lowest BCUT2D eigenvalue weighted by molar-refractivity contribution is 0.845. The molecule has 1 atom stereocenters. The van der Waals surface area contributed by atoms with Crippen molar-refractivity contribution in [2.45, 2.75) is 13.0 Å². The second-order valence-corrected chi connectivity index (χ2v) is 6.72. The topological polar surface area (TPSA) is 70.7 Å². The van der Waals surface area contributed by atoms with Crippen LogP contribution in [0.15, 0.2) is 71.7 Å². The summed E-state index contributed by atoms with van der Waals surface area (Å²) in [6.45, 7) is 1.90.